The van der Waals surface area contributed by atoms with Crippen molar-refractivity contribution < 1.29 is 18.9 Å². The van der Waals surface area contributed by atoms with Crippen LogP contribution in [0.3, 0.4) is 0 Å². The van der Waals surface area contributed by atoms with Crippen LogP contribution >= 0.6 is 11.6 Å². The lowest BCUT2D eigenvalue weighted by molar-refractivity contribution is -0.188. The summed E-state index contributed by atoms with van der Waals surface area (Å²) in [4.78, 5) is 0. The first kappa shape index (κ1) is 28.1. The summed E-state index contributed by atoms with van der Waals surface area (Å²) in [7, 11) is 0. The number of alkyl halides is 1. The van der Waals surface area contributed by atoms with Crippen LogP contribution < -0.4 is 0 Å². The Hall–Kier alpha value is 0.130. The van der Waals surface area contributed by atoms with Gasteiger partial charge in [0.2, 0.25) is 0 Å². The van der Waals surface area contributed by atoms with Crippen molar-refractivity contribution in [3.8, 4) is 0 Å². The predicted molar refractivity (Wildman–Crippen MR) is 119 cm³/mol. The van der Waals surface area contributed by atoms with Gasteiger partial charge in [0, 0.05) is 24.5 Å². The van der Waals surface area contributed by atoms with E-state index >= 15 is 0 Å². The first-order chi connectivity index (χ1) is 13.5. The van der Waals surface area contributed by atoms with Gasteiger partial charge in [-0.1, -0.05) is 52.9 Å². The molecule has 0 aliphatic carbocycles. The smallest absolute Gasteiger partial charge is 0.160 e. The quantitative estimate of drug-likeness (QED) is 0.121. The zero-order chi connectivity index (χ0) is 21.0. The van der Waals surface area contributed by atoms with E-state index in [4.69, 9.17) is 30.5 Å². The Morgan fingerprint density at radius 3 is 1.79 bits per heavy atom. The molecular weight excluding hydrogens is 376 g/mol. The van der Waals surface area contributed by atoms with Crippen molar-refractivity contribution in [2.75, 3.05) is 39.6 Å². The lowest BCUT2D eigenvalue weighted by Crippen LogP contribution is -2.32. The van der Waals surface area contributed by atoms with Gasteiger partial charge in [-0.25, -0.2) is 0 Å². The monoisotopic (exact) mass is 422 g/mol. The number of hydrogen-bond donors (Lipinski definition) is 0. The zero-order valence-electron chi connectivity index (χ0n) is 19.2. The van der Waals surface area contributed by atoms with Crippen molar-refractivity contribution in [3.63, 3.8) is 0 Å². The van der Waals surface area contributed by atoms with Crippen molar-refractivity contribution >= 4 is 11.6 Å². The van der Waals surface area contributed by atoms with E-state index in [1.807, 2.05) is 13.8 Å². The van der Waals surface area contributed by atoms with E-state index < -0.39 is 0 Å². The minimum absolute atomic E-state index is 0.180. The Morgan fingerprint density at radius 1 is 0.714 bits per heavy atom. The molecule has 0 saturated carbocycles. The van der Waals surface area contributed by atoms with Crippen LogP contribution in [-0.2, 0) is 18.9 Å². The first-order valence-corrected chi connectivity index (χ1v) is 12.0. The van der Waals surface area contributed by atoms with E-state index in [9.17, 15) is 0 Å². The Morgan fingerprint density at radius 2 is 1.29 bits per heavy atom. The van der Waals surface area contributed by atoms with Crippen LogP contribution in [0, 0.1) is 11.8 Å². The number of rotatable bonds is 21. The molecule has 0 heterocycles. The summed E-state index contributed by atoms with van der Waals surface area (Å²) in [5.74, 6) is 0.869. The second-order valence-electron chi connectivity index (χ2n) is 7.93. The zero-order valence-corrected chi connectivity index (χ0v) is 20.0. The van der Waals surface area contributed by atoms with Gasteiger partial charge in [-0.05, 0) is 39.0 Å². The Bertz CT molecular complexity index is 303. The average molecular weight is 423 g/mol. The van der Waals surface area contributed by atoms with Crippen molar-refractivity contribution in [2.24, 2.45) is 11.8 Å². The van der Waals surface area contributed by atoms with Gasteiger partial charge in [-0.3, -0.25) is 0 Å². The van der Waals surface area contributed by atoms with Crippen LogP contribution in [0.15, 0.2) is 0 Å². The molecule has 0 amide bonds. The standard InChI is InChI=1S/C23H47ClO4/c1-6-9-10-11-12-13-22(24)19-21(18-20(4)5)23(27-16-14-25-7-2)28-17-15-26-8-3/h20-23H,6-19H2,1-5H3. The lowest BCUT2D eigenvalue weighted by Gasteiger charge is -2.30. The molecule has 0 aromatic rings. The summed E-state index contributed by atoms with van der Waals surface area (Å²) in [6, 6.07) is 0. The lowest BCUT2D eigenvalue weighted by atomic mass is 9.90. The molecule has 0 saturated heterocycles. The van der Waals surface area contributed by atoms with Gasteiger partial charge in [0.1, 0.15) is 0 Å². The molecule has 4 nitrogen and oxygen atoms in total. The normalized spacial score (nSPS) is 14.1. The summed E-state index contributed by atoms with van der Waals surface area (Å²) in [6.07, 6.45) is 9.23. The second-order valence-corrected chi connectivity index (χ2v) is 8.55. The number of unbranched alkanes of at least 4 members (excludes halogenated alkanes) is 4. The molecule has 2 atom stereocenters. The maximum atomic E-state index is 6.72. The highest BCUT2D eigenvalue weighted by atomic mass is 35.5. The molecule has 5 heteroatoms. The van der Waals surface area contributed by atoms with Gasteiger partial charge in [0.05, 0.1) is 26.4 Å². The van der Waals surface area contributed by atoms with Crippen molar-refractivity contribution in [3.05, 3.63) is 0 Å². The fourth-order valence-electron chi connectivity index (χ4n) is 3.40. The average Bonchev–Trinajstić information content (AvgIpc) is 2.65. The number of ether oxygens (including phenoxy) is 4. The summed E-state index contributed by atoms with van der Waals surface area (Å²) in [5.41, 5.74) is 0. The van der Waals surface area contributed by atoms with Crippen molar-refractivity contribution in [1.29, 1.82) is 0 Å². The Kier molecular flexibility index (Phi) is 20.5. The highest BCUT2D eigenvalue weighted by Gasteiger charge is 2.26. The Balaban J connectivity index is 4.63. The molecular formula is C23H47ClO4. The van der Waals surface area contributed by atoms with Gasteiger partial charge in [0.25, 0.3) is 0 Å². The molecule has 0 fully saturated rings. The van der Waals surface area contributed by atoms with Gasteiger partial charge < -0.3 is 18.9 Å². The van der Waals surface area contributed by atoms with E-state index in [0.29, 0.717) is 51.5 Å². The maximum absolute atomic E-state index is 6.72. The molecule has 0 aliphatic rings. The van der Waals surface area contributed by atoms with Gasteiger partial charge in [0.15, 0.2) is 6.29 Å². The molecule has 2 unspecified atom stereocenters. The molecule has 0 aromatic carbocycles. The highest BCUT2D eigenvalue weighted by molar-refractivity contribution is 6.20. The van der Waals surface area contributed by atoms with E-state index in [2.05, 4.69) is 20.8 Å². The van der Waals surface area contributed by atoms with Gasteiger partial charge >= 0.3 is 0 Å². The summed E-state index contributed by atoms with van der Waals surface area (Å²) in [6.45, 7) is 14.4. The van der Waals surface area contributed by atoms with E-state index in [1.165, 1.54) is 32.1 Å². The van der Waals surface area contributed by atoms with Crippen molar-refractivity contribution in [2.45, 2.75) is 97.7 Å². The number of halogens is 1. The van der Waals surface area contributed by atoms with Crippen LogP contribution in [0.1, 0.15) is 86.0 Å². The summed E-state index contributed by atoms with van der Waals surface area (Å²) in [5, 5.41) is 0.180. The fourth-order valence-corrected chi connectivity index (χ4v) is 3.78. The first-order valence-electron chi connectivity index (χ1n) is 11.6. The molecule has 0 spiro atoms. The predicted octanol–water partition coefficient (Wildman–Crippen LogP) is 6.44. The van der Waals surface area contributed by atoms with Crippen LogP contribution in [-0.4, -0.2) is 51.3 Å². The van der Waals surface area contributed by atoms with E-state index in [0.717, 1.165) is 19.3 Å². The van der Waals surface area contributed by atoms with Crippen LogP contribution in [0.4, 0.5) is 0 Å². The largest absolute Gasteiger partial charge is 0.379 e. The van der Waals surface area contributed by atoms with Crippen LogP contribution in [0.25, 0.3) is 0 Å². The molecule has 0 N–H and O–H groups in total. The van der Waals surface area contributed by atoms with Crippen molar-refractivity contribution in [1.82, 2.24) is 0 Å². The fraction of sp³-hybridized carbons (Fsp3) is 1.00. The van der Waals surface area contributed by atoms with Gasteiger partial charge in [-0.15, -0.1) is 11.6 Å². The highest BCUT2D eigenvalue weighted by Crippen LogP contribution is 2.28. The molecule has 0 bridgehead atoms. The minimum atomic E-state index is -0.246. The molecule has 0 aliphatic heterocycles. The second kappa shape index (κ2) is 20.4. The van der Waals surface area contributed by atoms with E-state index in [1.54, 1.807) is 0 Å². The SMILES string of the molecule is CCCCCCCC(Cl)CC(CC(C)C)C(OCCOCC)OCCOCC. The summed E-state index contributed by atoms with van der Waals surface area (Å²) >= 11 is 6.72. The third kappa shape index (κ3) is 17.0. The number of hydrogen-bond acceptors (Lipinski definition) is 4. The van der Waals surface area contributed by atoms with Crippen LogP contribution in [0.5, 0.6) is 0 Å². The van der Waals surface area contributed by atoms with Gasteiger partial charge in [-0.2, -0.15) is 0 Å². The Labute approximate surface area is 180 Å². The summed E-state index contributed by atoms with van der Waals surface area (Å²) < 4.78 is 23.0. The maximum Gasteiger partial charge on any atom is 0.160 e. The topological polar surface area (TPSA) is 36.9 Å². The molecule has 0 aromatic heterocycles. The third-order valence-corrected chi connectivity index (χ3v) is 5.16. The van der Waals surface area contributed by atoms with E-state index in [-0.39, 0.29) is 11.7 Å². The molecule has 28 heavy (non-hydrogen) atoms. The molecule has 0 rings (SSSR count). The van der Waals surface area contributed by atoms with Crippen LogP contribution in [0.2, 0.25) is 0 Å². The molecule has 0 radical (unpaired) electrons. The third-order valence-electron chi connectivity index (χ3n) is 4.77. The minimum Gasteiger partial charge on any atom is -0.379 e. The molecule has 170 valence electrons.